The van der Waals surface area contributed by atoms with E-state index in [-0.39, 0.29) is 12.4 Å². The molecule has 0 aliphatic rings. The van der Waals surface area contributed by atoms with Gasteiger partial charge in [-0.3, -0.25) is 4.99 Å². The van der Waals surface area contributed by atoms with Gasteiger partial charge in [-0.25, -0.2) is 4.39 Å². The Hall–Kier alpha value is -2.36. The van der Waals surface area contributed by atoms with Gasteiger partial charge in [-0.2, -0.15) is 0 Å². The monoisotopic (exact) mass is 401 g/mol. The predicted molar refractivity (Wildman–Crippen MR) is 110 cm³/mol. The summed E-state index contributed by atoms with van der Waals surface area (Å²) in [6.45, 7) is 4.12. The van der Waals surface area contributed by atoms with Crippen molar-refractivity contribution in [3.8, 4) is 5.75 Å². The van der Waals surface area contributed by atoms with E-state index in [2.05, 4.69) is 4.99 Å². The summed E-state index contributed by atoms with van der Waals surface area (Å²) in [7, 11) is 0. The maximum absolute atomic E-state index is 13.7. The molecule has 2 nitrogen and oxygen atoms in total. The summed E-state index contributed by atoms with van der Waals surface area (Å²) >= 11 is 12.6. The van der Waals surface area contributed by atoms with Gasteiger partial charge in [0.2, 0.25) is 0 Å². The van der Waals surface area contributed by atoms with Crippen LogP contribution in [0.15, 0.2) is 59.6 Å². The lowest BCUT2D eigenvalue weighted by atomic mass is 10.1. The van der Waals surface area contributed by atoms with E-state index in [1.54, 1.807) is 36.5 Å². The predicted octanol–water partition coefficient (Wildman–Crippen LogP) is 7.08. The highest BCUT2D eigenvalue weighted by molar-refractivity contribution is 6.37. The maximum atomic E-state index is 13.7. The van der Waals surface area contributed by atoms with E-state index in [9.17, 15) is 4.39 Å². The lowest BCUT2D eigenvalue weighted by Gasteiger charge is -2.11. The fourth-order valence-electron chi connectivity index (χ4n) is 2.58. The first kappa shape index (κ1) is 19.4. The Labute approximate surface area is 168 Å². The van der Waals surface area contributed by atoms with E-state index < -0.39 is 0 Å². The molecule has 5 heteroatoms. The highest BCUT2D eigenvalue weighted by atomic mass is 35.5. The minimum atomic E-state index is -0.331. The van der Waals surface area contributed by atoms with Crippen LogP contribution in [0.1, 0.15) is 22.3 Å². The number of hydrogen-bond donors (Lipinski definition) is 0. The maximum Gasteiger partial charge on any atom is 0.157 e. The van der Waals surface area contributed by atoms with Crippen molar-refractivity contribution >= 4 is 35.1 Å². The molecule has 0 bridgehead atoms. The minimum Gasteiger partial charge on any atom is -0.486 e. The minimum absolute atomic E-state index is 0.0437. The summed E-state index contributed by atoms with van der Waals surface area (Å²) in [6.07, 6.45) is 1.71. The van der Waals surface area contributed by atoms with Crippen LogP contribution >= 0.6 is 23.2 Å². The molecule has 27 heavy (non-hydrogen) atoms. The first-order valence-corrected chi connectivity index (χ1v) is 9.17. The van der Waals surface area contributed by atoms with E-state index in [1.165, 1.54) is 11.6 Å². The second-order valence-corrected chi connectivity index (χ2v) is 6.99. The second-order valence-electron chi connectivity index (χ2n) is 6.17. The summed E-state index contributed by atoms with van der Waals surface area (Å²) in [5.41, 5.74) is 4.38. The van der Waals surface area contributed by atoms with Gasteiger partial charge in [0.15, 0.2) is 5.75 Å². The van der Waals surface area contributed by atoms with E-state index in [1.807, 2.05) is 32.0 Å². The highest BCUT2D eigenvalue weighted by Gasteiger charge is 2.11. The van der Waals surface area contributed by atoms with Crippen molar-refractivity contribution in [3.63, 3.8) is 0 Å². The highest BCUT2D eigenvalue weighted by Crippen LogP contribution is 2.35. The normalized spacial score (nSPS) is 11.1. The van der Waals surface area contributed by atoms with Gasteiger partial charge in [-0.1, -0.05) is 53.5 Å². The summed E-state index contributed by atoms with van der Waals surface area (Å²) in [4.78, 5) is 4.52. The number of hydrogen-bond acceptors (Lipinski definition) is 2. The fraction of sp³-hybridized carbons (Fsp3) is 0.136. The number of ether oxygens (including phenoxy) is 1. The molecular weight excluding hydrogens is 384 g/mol. The fourth-order valence-corrected chi connectivity index (χ4v) is 3.19. The molecule has 0 aromatic heterocycles. The van der Waals surface area contributed by atoms with Crippen LogP contribution in [-0.4, -0.2) is 6.21 Å². The average molecular weight is 402 g/mol. The Balaban J connectivity index is 1.79. The number of benzene rings is 3. The molecule has 0 aliphatic heterocycles. The van der Waals surface area contributed by atoms with Gasteiger partial charge in [0.05, 0.1) is 15.7 Å². The molecule has 0 fully saturated rings. The third kappa shape index (κ3) is 4.68. The molecule has 3 rings (SSSR count). The molecule has 0 spiro atoms. The molecule has 0 unspecified atom stereocenters. The first-order valence-electron chi connectivity index (χ1n) is 8.41. The SMILES string of the molecule is Cc1cccc(N=Cc2cc(Cl)c(OCc3ccccc3F)c(Cl)c2)c1C. The van der Waals surface area contributed by atoms with E-state index >= 15 is 0 Å². The van der Waals surface area contributed by atoms with Crippen LogP contribution < -0.4 is 4.74 Å². The van der Waals surface area contributed by atoms with Crippen molar-refractivity contribution in [2.45, 2.75) is 20.5 Å². The van der Waals surface area contributed by atoms with Gasteiger partial charge in [0.1, 0.15) is 12.4 Å². The number of halogens is 3. The molecule has 0 atom stereocenters. The third-order valence-electron chi connectivity index (χ3n) is 4.28. The Bertz CT molecular complexity index is 978. The average Bonchev–Trinajstić information content (AvgIpc) is 2.63. The van der Waals surface area contributed by atoms with Gasteiger partial charge >= 0.3 is 0 Å². The van der Waals surface area contributed by atoms with E-state index in [0.717, 1.165) is 16.8 Å². The van der Waals surface area contributed by atoms with Gasteiger partial charge in [-0.05, 0) is 54.8 Å². The van der Waals surface area contributed by atoms with Crippen LogP contribution in [0.4, 0.5) is 10.1 Å². The van der Waals surface area contributed by atoms with E-state index in [0.29, 0.717) is 21.4 Å². The largest absolute Gasteiger partial charge is 0.486 e. The summed E-state index contributed by atoms with van der Waals surface area (Å²) in [6, 6.07) is 15.8. The van der Waals surface area contributed by atoms with Crippen molar-refractivity contribution in [1.29, 1.82) is 0 Å². The van der Waals surface area contributed by atoms with Crippen molar-refractivity contribution < 1.29 is 9.13 Å². The molecule has 0 amide bonds. The van der Waals surface area contributed by atoms with Crippen LogP contribution in [0.25, 0.3) is 0 Å². The Kier molecular flexibility index (Phi) is 6.15. The number of rotatable bonds is 5. The summed E-state index contributed by atoms with van der Waals surface area (Å²) in [5.74, 6) is -0.00695. The standard InChI is InChI=1S/C22H18Cl2FNO/c1-14-6-5-9-21(15(14)2)26-12-16-10-18(23)22(19(24)11-16)27-13-17-7-3-4-8-20(17)25/h3-12H,13H2,1-2H3. The lowest BCUT2D eigenvalue weighted by Crippen LogP contribution is -1.99. The molecule has 0 saturated carbocycles. The Morgan fingerprint density at radius 3 is 2.41 bits per heavy atom. The van der Waals surface area contributed by atoms with Crippen LogP contribution in [0, 0.1) is 19.7 Å². The van der Waals surface area contributed by atoms with Crippen LogP contribution in [0.2, 0.25) is 10.0 Å². The Morgan fingerprint density at radius 1 is 1.00 bits per heavy atom. The quantitative estimate of drug-likeness (QED) is 0.418. The van der Waals surface area contributed by atoms with Crippen LogP contribution in [0.3, 0.4) is 0 Å². The van der Waals surface area contributed by atoms with Gasteiger partial charge in [-0.15, -0.1) is 0 Å². The second kappa shape index (κ2) is 8.55. The molecule has 0 aliphatic carbocycles. The first-order chi connectivity index (χ1) is 13.0. The van der Waals surface area contributed by atoms with Crippen molar-refractivity contribution in [2.24, 2.45) is 4.99 Å². The van der Waals surface area contributed by atoms with Crippen molar-refractivity contribution in [2.75, 3.05) is 0 Å². The number of nitrogens with zero attached hydrogens (tertiary/aromatic N) is 1. The van der Waals surface area contributed by atoms with Gasteiger partial charge in [0, 0.05) is 11.8 Å². The molecule has 0 radical (unpaired) electrons. The van der Waals surface area contributed by atoms with Gasteiger partial charge < -0.3 is 4.74 Å². The van der Waals surface area contributed by atoms with E-state index in [4.69, 9.17) is 27.9 Å². The zero-order valence-corrected chi connectivity index (χ0v) is 16.5. The van der Waals surface area contributed by atoms with Crippen molar-refractivity contribution in [3.05, 3.63) is 92.7 Å². The zero-order valence-electron chi connectivity index (χ0n) is 15.0. The van der Waals surface area contributed by atoms with Crippen molar-refractivity contribution in [1.82, 2.24) is 0 Å². The number of aryl methyl sites for hydroxylation is 1. The number of aliphatic imine (C=N–C) groups is 1. The zero-order chi connectivity index (χ0) is 19.4. The smallest absolute Gasteiger partial charge is 0.157 e. The summed E-state index contributed by atoms with van der Waals surface area (Å²) < 4.78 is 19.4. The molecular formula is C22H18Cl2FNO. The molecule has 0 N–H and O–H groups in total. The molecule has 0 saturated heterocycles. The lowest BCUT2D eigenvalue weighted by molar-refractivity contribution is 0.300. The van der Waals surface area contributed by atoms with Gasteiger partial charge in [0.25, 0.3) is 0 Å². The topological polar surface area (TPSA) is 21.6 Å². The van der Waals surface area contributed by atoms with Crippen LogP contribution in [0.5, 0.6) is 5.75 Å². The molecule has 138 valence electrons. The summed E-state index contributed by atoms with van der Waals surface area (Å²) in [5, 5.41) is 0.697. The molecule has 3 aromatic carbocycles. The third-order valence-corrected chi connectivity index (χ3v) is 4.84. The Morgan fingerprint density at radius 2 is 1.70 bits per heavy atom. The molecule has 0 heterocycles. The van der Waals surface area contributed by atoms with Crippen LogP contribution in [-0.2, 0) is 6.61 Å². The molecule has 3 aromatic rings.